The Labute approximate surface area is 142 Å². The van der Waals surface area contributed by atoms with Gasteiger partial charge in [-0.25, -0.2) is 4.79 Å². The Kier molecular flexibility index (Phi) is 4.50. The molecule has 2 aromatic rings. The highest BCUT2D eigenvalue weighted by atomic mass is 35.5. The van der Waals surface area contributed by atoms with Gasteiger partial charge in [0, 0.05) is 31.1 Å². The molecule has 0 amide bonds. The van der Waals surface area contributed by atoms with E-state index in [1.807, 2.05) is 13.0 Å². The standard InChI is InChI=1S/C18H22N2O2.ClH/c1-13-2-3-15-14(9-17(21)22-16(15)8-13)10-20-7-5-18(12-20)4-6-19-11-18;/h2-3,8-9,19H,4-7,10-12H2,1H3;1H. The molecule has 1 aromatic heterocycles. The fraction of sp³-hybridized carbons (Fsp3) is 0.500. The van der Waals surface area contributed by atoms with Crippen molar-refractivity contribution in [2.24, 2.45) is 5.41 Å². The third kappa shape index (κ3) is 3.16. The van der Waals surface area contributed by atoms with Crippen LogP contribution in [0, 0.1) is 12.3 Å². The molecule has 0 bridgehead atoms. The molecule has 124 valence electrons. The Morgan fingerprint density at radius 2 is 2.17 bits per heavy atom. The summed E-state index contributed by atoms with van der Waals surface area (Å²) in [4.78, 5) is 14.3. The first-order chi connectivity index (χ1) is 10.6. The van der Waals surface area contributed by atoms with Crippen molar-refractivity contribution in [1.82, 2.24) is 10.2 Å². The third-order valence-electron chi connectivity index (χ3n) is 5.23. The zero-order valence-electron chi connectivity index (χ0n) is 13.4. The molecule has 0 aliphatic carbocycles. The van der Waals surface area contributed by atoms with E-state index in [9.17, 15) is 4.79 Å². The van der Waals surface area contributed by atoms with Crippen molar-refractivity contribution in [3.8, 4) is 0 Å². The van der Waals surface area contributed by atoms with Gasteiger partial charge in [0.25, 0.3) is 0 Å². The minimum Gasteiger partial charge on any atom is -0.423 e. The summed E-state index contributed by atoms with van der Waals surface area (Å²) in [5.41, 5.74) is 3.13. The smallest absolute Gasteiger partial charge is 0.336 e. The molecule has 4 nitrogen and oxygen atoms in total. The van der Waals surface area contributed by atoms with Crippen molar-refractivity contribution in [3.63, 3.8) is 0 Å². The Balaban J connectivity index is 0.00000156. The van der Waals surface area contributed by atoms with Gasteiger partial charge in [0.1, 0.15) is 5.58 Å². The fourth-order valence-corrected chi connectivity index (χ4v) is 4.02. The number of hydrogen-bond donors (Lipinski definition) is 1. The van der Waals surface area contributed by atoms with Crippen molar-refractivity contribution < 1.29 is 4.42 Å². The molecule has 0 saturated carbocycles. The van der Waals surface area contributed by atoms with Crippen LogP contribution in [0.3, 0.4) is 0 Å². The van der Waals surface area contributed by atoms with E-state index < -0.39 is 0 Å². The molecule has 0 radical (unpaired) electrons. The molecule has 1 spiro atoms. The van der Waals surface area contributed by atoms with Crippen LogP contribution in [-0.4, -0.2) is 31.1 Å². The Hall–Kier alpha value is -1.36. The highest BCUT2D eigenvalue weighted by molar-refractivity contribution is 5.85. The second-order valence-corrected chi connectivity index (χ2v) is 6.98. The van der Waals surface area contributed by atoms with Gasteiger partial charge in [0.2, 0.25) is 0 Å². The molecule has 4 rings (SSSR count). The van der Waals surface area contributed by atoms with E-state index in [0.717, 1.165) is 49.2 Å². The lowest BCUT2D eigenvalue weighted by atomic mass is 9.86. The third-order valence-corrected chi connectivity index (χ3v) is 5.23. The number of rotatable bonds is 2. The fourth-order valence-electron chi connectivity index (χ4n) is 4.02. The molecule has 5 heteroatoms. The average Bonchev–Trinajstić information content (AvgIpc) is 3.09. The van der Waals surface area contributed by atoms with Gasteiger partial charge in [0.05, 0.1) is 0 Å². The predicted molar refractivity (Wildman–Crippen MR) is 94.3 cm³/mol. The molecule has 1 N–H and O–H groups in total. The average molecular weight is 335 g/mol. The molecule has 1 atom stereocenters. The van der Waals surface area contributed by atoms with Gasteiger partial charge in [-0.1, -0.05) is 12.1 Å². The molecule has 3 heterocycles. The summed E-state index contributed by atoms with van der Waals surface area (Å²) < 4.78 is 5.36. The molecular weight excluding hydrogens is 312 g/mol. The van der Waals surface area contributed by atoms with Gasteiger partial charge >= 0.3 is 5.63 Å². The van der Waals surface area contributed by atoms with E-state index in [1.54, 1.807) is 6.07 Å². The van der Waals surface area contributed by atoms with Crippen molar-refractivity contribution in [2.75, 3.05) is 26.2 Å². The van der Waals surface area contributed by atoms with E-state index >= 15 is 0 Å². The van der Waals surface area contributed by atoms with Crippen LogP contribution in [0.25, 0.3) is 11.0 Å². The van der Waals surface area contributed by atoms with Crippen LogP contribution in [0.4, 0.5) is 0 Å². The first-order valence-corrected chi connectivity index (χ1v) is 8.10. The molecular formula is C18H23ClN2O2. The number of halogens is 1. The van der Waals surface area contributed by atoms with E-state index in [4.69, 9.17) is 4.42 Å². The maximum absolute atomic E-state index is 11.8. The summed E-state index contributed by atoms with van der Waals surface area (Å²) in [6.07, 6.45) is 2.54. The lowest BCUT2D eigenvalue weighted by molar-refractivity contribution is 0.269. The highest BCUT2D eigenvalue weighted by Crippen LogP contribution is 2.36. The number of hydrogen-bond acceptors (Lipinski definition) is 4. The van der Waals surface area contributed by atoms with Crippen LogP contribution < -0.4 is 10.9 Å². The lowest BCUT2D eigenvalue weighted by Gasteiger charge is -2.23. The summed E-state index contributed by atoms with van der Waals surface area (Å²) in [5, 5.41) is 4.56. The molecule has 2 fully saturated rings. The first kappa shape index (κ1) is 16.5. The normalized spacial score (nSPS) is 24.4. The van der Waals surface area contributed by atoms with Crippen LogP contribution in [0.1, 0.15) is 24.0 Å². The number of likely N-dealkylation sites (tertiary alicyclic amines) is 1. The van der Waals surface area contributed by atoms with E-state index in [2.05, 4.69) is 22.3 Å². The predicted octanol–water partition coefficient (Wildman–Crippen LogP) is 2.71. The summed E-state index contributed by atoms with van der Waals surface area (Å²) in [6.45, 7) is 7.39. The zero-order chi connectivity index (χ0) is 15.2. The van der Waals surface area contributed by atoms with E-state index in [1.165, 1.54) is 12.8 Å². The van der Waals surface area contributed by atoms with Gasteiger partial charge < -0.3 is 9.73 Å². The second-order valence-electron chi connectivity index (χ2n) is 6.98. The van der Waals surface area contributed by atoms with Crippen LogP contribution >= 0.6 is 12.4 Å². The quantitative estimate of drug-likeness (QED) is 0.858. The topological polar surface area (TPSA) is 45.5 Å². The highest BCUT2D eigenvalue weighted by Gasteiger charge is 2.40. The zero-order valence-corrected chi connectivity index (χ0v) is 14.2. The van der Waals surface area contributed by atoms with Crippen molar-refractivity contribution in [3.05, 3.63) is 45.8 Å². The lowest BCUT2D eigenvalue weighted by Crippen LogP contribution is -2.29. The SMILES string of the molecule is Cc1ccc2c(CN3CCC4(CCNC4)C3)cc(=O)oc2c1.Cl. The maximum Gasteiger partial charge on any atom is 0.336 e. The number of aryl methyl sites for hydroxylation is 1. The van der Waals surface area contributed by atoms with Gasteiger partial charge in [-0.05, 0) is 55.5 Å². The van der Waals surface area contributed by atoms with Gasteiger partial charge in [0.15, 0.2) is 0 Å². The monoisotopic (exact) mass is 334 g/mol. The first-order valence-electron chi connectivity index (χ1n) is 8.10. The molecule has 1 unspecified atom stereocenters. The molecule has 2 aliphatic heterocycles. The second kappa shape index (κ2) is 6.27. The number of benzene rings is 1. The van der Waals surface area contributed by atoms with Crippen LogP contribution in [0.15, 0.2) is 33.5 Å². The number of fused-ring (bicyclic) bond motifs is 1. The summed E-state index contributed by atoms with van der Waals surface area (Å²) >= 11 is 0. The van der Waals surface area contributed by atoms with Crippen molar-refractivity contribution in [2.45, 2.75) is 26.3 Å². The number of nitrogens with zero attached hydrogens (tertiary/aromatic N) is 1. The largest absolute Gasteiger partial charge is 0.423 e. The van der Waals surface area contributed by atoms with Crippen molar-refractivity contribution >= 4 is 23.4 Å². The minimum absolute atomic E-state index is 0. The van der Waals surface area contributed by atoms with Crippen molar-refractivity contribution in [1.29, 1.82) is 0 Å². The molecule has 23 heavy (non-hydrogen) atoms. The summed E-state index contributed by atoms with van der Waals surface area (Å²) in [7, 11) is 0. The molecule has 2 saturated heterocycles. The van der Waals surface area contributed by atoms with Gasteiger partial charge in [-0.3, -0.25) is 4.90 Å². The Morgan fingerprint density at radius 3 is 2.96 bits per heavy atom. The van der Waals surface area contributed by atoms with E-state index in [0.29, 0.717) is 11.0 Å². The van der Waals surface area contributed by atoms with Gasteiger partial charge in [-0.2, -0.15) is 0 Å². The molecule has 2 aliphatic rings. The van der Waals surface area contributed by atoms with Crippen LogP contribution in [0.5, 0.6) is 0 Å². The Morgan fingerprint density at radius 1 is 1.30 bits per heavy atom. The summed E-state index contributed by atoms with van der Waals surface area (Å²) in [6, 6.07) is 7.77. The molecule has 1 aromatic carbocycles. The van der Waals surface area contributed by atoms with Crippen LogP contribution in [-0.2, 0) is 6.54 Å². The maximum atomic E-state index is 11.8. The Bertz CT molecular complexity index is 765. The summed E-state index contributed by atoms with van der Waals surface area (Å²) in [5.74, 6) is 0. The van der Waals surface area contributed by atoms with Gasteiger partial charge in [-0.15, -0.1) is 12.4 Å². The minimum atomic E-state index is -0.246. The van der Waals surface area contributed by atoms with E-state index in [-0.39, 0.29) is 18.0 Å². The van der Waals surface area contributed by atoms with Crippen LogP contribution in [0.2, 0.25) is 0 Å². The number of nitrogens with one attached hydrogen (secondary N) is 1.